The average molecular weight is 413 g/mol. The van der Waals surface area contributed by atoms with Gasteiger partial charge in [-0.2, -0.15) is 0 Å². The molecule has 0 aliphatic heterocycles. The first-order valence-electron chi connectivity index (χ1n) is 13.1. The van der Waals surface area contributed by atoms with E-state index in [2.05, 4.69) is 13.8 Å². The van der Waals surface area contributed by atoms with Crippen LogP contribution in [0, 0.1) is 0 Å². The van der Waals surface area contributed by atoms with Gasteiger partial charge in [-0.05, 0) is 12.8 Å². The Morgan fingerprint density at radius 2 is 0.931 bits per heavy atom. The molecular weight excluding hydrogens is 360 g/mol. The third-order valence-electron chi connectivity index (χ3n) is 5.81. The van der Waals surface area contributed by atoms with Gasteiger partial charge in [-0.15, -0.1) is 0 Å². The Bertz CT molecular complexity index is 330. The standard InChI is InChI=1S/C26H52O3/c1-3-5-7-9-11-12-13-14-15-16-18-20-22-24-26(28)29-25(27)23-21-19-17-10-8-6-4-2/h26,28H,3-24H2,1-2H3. The van der Waals surface area contributed by atoms with Crippen LogP contribution < -0.4 is 0 Å². The van der Waals surface area contributed by atoms with Crippen molar-refractivity contribution in [1.29, 1.82) is 0 Å². The molecule has 0 fully saturated rings. The van der Waals surface area contributed by atoms with Crippen molar-refractivity contribution in [2.45, 2.75) is 161 Å². The van der Waals surface area contributed by atoms with Gasteiger partial charge in [-0.3, -0.25) is 4.79 Å². The van der Waals surface area contributed by atoms with Crippen molar-refractivity contribution in [1.82, 2.24) is 0 Å². The van der Waals surface area contributed by atoms with Gasteiger partial charge in [-0.1, -0.05) is 129 Å². The highest BCUT2D eigenvalue weighted by molar-refractivity contribution is 5.69. The van der Waals surface area contributed by atoms with Crippen molar-refractivity contribution in [2.24, 2.45) is 0 Å². The molecule has 1 N–H and O–H groups in total. The number of esters is 1. The average Bonchev–Trinajstić information content (AvgIpc) is 2.70. The second-order valence-corrected chi connectivity index (χ2v) is 8.85. The minimum absolute atomic E-state index is 0.235. The number of aliphatic hydroxyl groups excluding tert-OH is 1. The Morgan fingerprint density at radius 3 is 1.34 bits per heavy atom. The summed E-state index contributed by atoms with van der Waals surface area (Å²) in [5, 5.41) is 9.85. The molecule has 0 saturated carbocycles. The molecule has 0 heterocycles. The van der Waals surface area contributed by atoms with Gasteiger partial charge in [0.15, 0.2) is 0 Å². The highest BCUT2D eigenvalue weighted by atomic mass is 16.6. The number of rotatable bonds is 23. The lowest BCUT2D eigenvalue weighted by molar-refractivity contribution is -0.168. The number of hydrogen-bond acceptors (Lipinski definition) is 3. The first-order chi connectivity index (χ1) is 14.2. The number of carbonyl (C=O) groups is 1. The highest BCUT2D eigenvalue weighted by Crippen LogP contribution is 2.14. The van der Waals surface area contributed by atoms with Crippen LogP contribution in [0.4, 0.5) is 0 Å². The summed E-state index contributed by atoms with van der Waals surface area (Å²) in [6.07, 6.45) is 25.5. The Balaban J connectivity index is 3.28. The van der Waals surface area contributed by atoms with E-state index in [0.717, 1.165) is 25.7 Å². The molecule has 0 amide bonds. The first-order valence-corrected chi connectivity index (χ1v) is 13.1. The van der Waals surface area contributed by atoms with Crippen LogP contribution in [0.15, 0.2) is 0 Å². The molecule has 1 unspecified atom stereocenters. The molecule has 1 atom stereocenters. The number of ether oxygens (including phenoxy) is 1. The summed E-state index contributed by atoms with van der Waals surface area (Å²) in [5.74, 6) is -0.235. The molecule has 0 aromatic heterocycles. The fourth-order valence-corrected chi connectivity index (χ4v) is 3.83. The van der Waals surface area contributed by atoms with E-state index in [9.17, 15) is 9.90 Å². The van der Waals surface area contributed by atoms with Gasteiger partial charge in [0.1, 0.15) is 0 Å². The Hall–Kier alpha value is -0.570. The second-order valence-electron chi connectivity index (χ2n) is 8.85. The summed E-state index contributed by atoms with van der Waals surface area (Å²) in [6.45, 7) is 4.49. The molecule has 3 heteroatoms. The van der Waals surface area contributed by atoms with E-state index in [1.165, 1.54) is 103 Å². The van der Waals surface area contributed by atoms with Crippen molar-refractivity contribution in [3.05, 3.63) is 0 Å². The molecule has 0 aliphatic carbocycles. The summed E-state index contributed by atoms with van der Waals surface area (Å²) in [5.41, 5.74) is 0. The maximum Gasteiger partial charge on any atom is 0.308 e. The summed E-state index contributed by atoms with van der Waals surface area (Å²) >= 11 is 0. The maximum atomic E-state index is 11.7. The van der Waals surface area contributed by atoms with Crippen molar-refractivity contribution in [3.8, 4) is 0 Å². The molecule has 0 aliphatic rings. The molecule has 0 aromatic carbocycles. The summed E-state index contributed by atoms with van der Waals surface area (Å²) in [4.78, 5) is 11.7. The molecule has 0 saturated heterocycles. The number of carbonyl (C=O) groups excluding carboxylic acids is 1. The van der Waals surface area contributed by atoms with Crippen LogP contribution >= 0.6 is 0 Å². The number of hydrogen-bond donors (Lipinski definition) is 1. The minimum atomic E-state index is -0.903. The van der Waals surface area contributed by atoms with E-state index < -0.39 is 6.29 Å². The van der Waals surface area contributed by atoms with Crippen LogP contribution in [0.2, 0.25) is 0 Å². The van der Waals surface area contributed by atoms with Crippen LogP contribution in [0.5, 0.6) is 0 Å². The smallest absolute Gasteiger partial charge is 0.308 e. The Morgan fingerprint density at radius 1 is 0.586 bits per heavy atom. The van der Waals surface area contributed by atoms with Crippen LogP contribution in [0.3, 0.4) is 0 Å². The lowest BCUT2D eigenvalue weighted by atomic mass is 10.0. The van der Waals surface area contributed by atoms with Gasteiger partial charge >= 0.3 is 5.97 Å². The van der Waals surface area contributed by atoms with Crippen LogP contribution in [0.1, 0.15) is 155 Å². The van der Waals surface area contributed by atoms with E-state index in [0.29, 0.717) is 12.8 Å². The van der Waals surface area contributed by atoms with Crippen molar-refractivity contribution >= 4 is 5.97 Å². The normalized spacial score (nSPS) is 12.2. The quantitative estimate of drug-likeness (QED) is 0.104. The van der Waals surface area contributed by atoms with Crippen molar-refractivity contribution in [2.75, 3.05) is 0 Å². The van der Waals surface area contributed by atoms with Gasteiger partial charge in [0.2, 0.25) is 6.29 Å². The third-order valence-corrected chi connectivity index (χ3v) is 5.81. The van der Waals surface area contributed by atoms with Gasteiger partial charge in [0, 0.05) is 12.8 Å². The Labute approximate surface area is 182 Å². The zero-order valence-electron chi connectivity index (χ0n) is 19.9. The summed E-state index contributed by atoms with van der Waals surface area (Å²) < 4.78 is 5.12. The lowest BCUT2D eigenvalue weighted by Crippen LogP contribution is -2.17. The van der Waals surface area contributed by atoms with E-state index in [1.807, 2.05) is 0 Å². The zero-order valence-corrected chi connectivity index (χ0v) is 19.9. The Kier molecular flexibility index (Phi) is 23.2. The molecule has 3 nitrogen and oxygen atoms in total. The summed E-state index contributed by atoms with van der Waals surface area (Å²) in [7, 11) is 0. The minimum Gasteiger partial charge on any atom is -0.436 e. The van der Waals surface area contributed by atoms with Crippen molar-refractivity contribution < 1.29 is 14.6 Å². The van der Waals surface area contributed by atoms with Gasteiger partial charge < -0.3 is 9.84 Å². The predicted molar refractivity (Wildman–Crippen MR) is 125 cm³/mol. The van der Waals surface area contributed by atoms with Gasteiger partial charge in [-0.25, -0.2) is 0 Å². The van der Waals surface area contributed by atoms with Crippen LogP contribution in [-0.4, -0.2) is 17.4 Å². The maximum absolute atomic E-state index is 11.7. The molecule has 0 radical (unpaired) electrons. The molecule has 0 spiro atoms. The third kappa shape index (κ3) is 23.6. The molecule has 0 bridgehead atoms. The summed E-state index contributed by atoms with van der Waals surface area (Å²) in [6, 6.07) is 0. The fraction of sp³-hybridized carbons (Fsp3) is 0.962. The SMILES string of the molecule is CCCCCCCCCCCCCCCC(O)OC(=O)CCCCCCCCC. The van der Waals surface area contributed by atoms with Gasteiger partial charge in [0.05, 0.1) is 0 Å². The second kappa shape index (κ2) is 23.7. The molecule has 0 rings (SSSR count). The van der Waals surface area contributed by atoms with E-state index >= 15 is 0 Å². The molecule has 174 valence electrons. The predicted octanol–water partition coefficient (Wildman–Crippen LogP) is 8.47. The fourth-order valence-electron chi connectivity index (χ4n) is 3.83. The highest BCUT2D eigenvalue weighted by Gasteiger charge is 2.10. The van der Waals surface area contributed by atoms with Crippen LogP contribution in [-0.2, 0) is 9.53 Å². The number of unbranched alkanes of at least 4 members (excludes halogenated alkanes) is 18. The first kappa shape index (κ1) is 28.4. The van der Waals surface area contributed by atoms with E-state index in [1.54, 1.807) is 0 Å². The molecular formula is C26H52O3. The lowest BCUT2D eigenvalue weighted by Gasteiger charge is -2.12. The monoisotopic (exact) mass is 412 g/mol. The van der Waals surface area contributed by atoms with E-state index in [-0.39, 0.29) is 5.97 Å². The number of aliphatic hydroxyl groups is 1. The van der Waals surface area contributed by atoms with Crippen LogP contribution in [0.25, 0.3) is 0 Å². The van der Waals surface area contributed by atoms with Gasteiger partial charge in [0.25, 0.3) is 0 Å². The zero-order chi connectivity index (χ0) is 21.4. The van der Waals surface area contributed by atoms with E-state index in [4.69, 9.17) is 4.74 Å². The van der Waals surface area contributed by atoms with Crippen molar-refractivity contribution in [3.63, 3.8) is 0 Å². The topological polar surface area (TPSA) is 46.5 Å². The largest absolute Gasteiger partial charge is 0.436 e. The molecule has 29 heavy (non-hydrogen) atoms. The molecule has 0 aromatic rings.